The molecule has 104 valence electrons. The summed E-state index contributed by atoms with van der Waals surface area (Å²) in [5, 5.41) is 4.29. The van der Waals surface area contributed by atoms with Crippen LogP contribution in [0.2, 0.25) is 0 Å². The Bertz CT molecular complexity index is 558. The fraction of sp³-hybridized carbons (Fsp3) is 0.167. The van der Waals surface area contributed by atoms with Crippen LogP contribution in [0.5, 0.6) is 0 Å². The van der Waals surface area contributed by atoms with Crippen LogP contribution in [-0.2, 0) is 9.59 Å². The Hall–Kier alpha value is -2.90. The van der Waals surface area contributed by atoms with Crippen LogP contribution in [-0.4, -0.2) is 29.8 Å². The molecule has 1 aromatic carbocycles. The molecule has 1 fully saturated rings. The highest BCUT2D eigenvalue weighted by molar-refractivity contribution is 6.05. The van der Waals surface area contributed by atoms with Gasteiger partial charge in [0.1, 0.15) is 6.04 Å². The Morgan fingerprint density at radius 3 is 2.40 bits per heavy atom. The Kier molecular flexibility index (Phi) is 3.94. The van der Waals surface area contributed by atoms with E-state index in [2.05, 4.69) is 16.2 Å². The van der Waals surface area contributed by atoms with E-state index in [0.717, 1.165) is 0 Å². The first kappa shape index (κ1) is 13.5. The van der Waals surface area contributed by atoms with E-state index in [1.54, 1.807) is 30.3 Å². The maximum atomic E-state index is 11.6. The first-order valence-corrected chi connectivity index (χ1v) is 5.82. The second-order valence-electron chi connectivity index (χ2n) is 4.09. The van der Waals surface area contributed by atoms with E-state index in [1.807, 2.05) is 5.32 Å². The molecule has 0 radical (unpaired) electrons. The number of benzene rings is 1. The van der Waals surface area contributed by atoms with Gasteiger partial charge in [0.05, 0.1) is 6.42 Å². The van der Waals surface area contributed by atoms with Crippen LogP contribution in [0.25, 0.3) is 0 Å². The monoisotopic (exact) mass is 276 g/mol. The van der Waals surface area contributed by atoms with Crippen LogP contribution < -0.4 is 21.5 Å². The van der Waals surface area contributed by atoms with Gasteiger partial charge in [0.25, 0.3) is 11.8 Å². The summed E-state index contributed by atoms with van der Waals surface area (Å²) in [6.45, 7) is 0. The number of hydrogen-bond acceptors (Lipinski definition) is 4. The van der Waals surface area contributed by atoms with Crippen LogP contribution in [0.4, 0.5) is 4.79 Å². The molecule has 2 rings (SSSR count). The lowest BCUT2D eigenvalue weighted by Crippen LogP contribution is -2.44. The average Bonchev–Trinajstić information content (AvgIpc) is 2.75. The lowest BCUT2D eigenvalue weighted by atomic mass is 10.2. The average molecular weight is 276 g/mol. The van der Waals surface area contributed by atoms with Crippen molar-refractivity contribution in [3.63, 3.8) is 0 Å². The van der Waals surface area contributed by atoms with Crippen LogP contribution in [0, 0.1) is 0 Å². The summed E-state index contributed by atoms with van der Waals surface area (Å²) in [6.07, 6.45) is -0.257. The number of hydrazine groups is 1. The lowest BCUT2D eigenvalue weighted by molar-refractivity contribution is -0.126. The van der Waals surface area contributed by atoms with Gasteiger partial charge in [-0.1, -0.05) is 18.2 Å². The Morgan fingerprint density at radius 2 is 1.80 bits per heavy atom. The molecule has 1 aliphatic heterocycles. The van der Waals surface area contributed by atoms with Gasteiger partial charge in [-0.05, 0) is 12.1 Å². The van der Waals surface area contributed by atoms with Crippen molar-refractivity contribution >= 4 is 23.8 Å². The minimum atomic E-state index is -0.920. The molecule has 0 bridgehead atoms. The van der Waals surface area contributed by atoms with Gasteiger partial charge in [-0.3, -0.25) is 30.6 Å². The van der Waals surface area contributed by atoms with Gasteiger partial charge >= 0.3 is 6.03 Å². The predicted octanol–water partition coefficient (Wildman–Crippen LogP) is -0.954. The minimum absolute atomic E-state index is 0.257. The van der Waals surface area contributed by atoms with Gasteiger partial charge in [0.15, 0.2) is 0 Å². The van der Waals surface area contributed by atoms with E-state index in [1.165, 1.54) is 0 Å². The first-order valence-electron chi connectivity index (χ1n) is 5.82. The normalized spacial score (nSPS) is 17.1. The molecular weight excluding hydrogens is 264 g/mol. The molecule has 4 N–H and O–H groups in total. The van der Waals surface area contributed by atoms with E-state index >= 15 is 0 Å². The Balaban J connectivity index is 1.80. The molecule has 1 aromatic rings. The second kappa shape index (κ2) is 5.83. The Labute approximate surface area is 113 Å². The summed E-state index contributed by atoms with van der Waals surface area (Å²) >= 11 is 0. The zero-order chi connectivity index (χ0) is 14.5. The van der Waals surface area contributed by atoms with Gasteiger partial charge in [-0.2, -0.15) is 0 Å². The van der Waals surface area contributed by atoms with Gasteiger partial charge in [-0.25, -0.2) is 4.79 Å². The van der Waals surface area contributed by atoms with Crippen molar-refractivity contribution in [2.75, 3.05) is 0 Å². The molecular formula is C12H12N4O4. The number of carbonyl (C=O) groups excluding carboxylic acids is 4. The fourth-order valence-corrected chi connectivity index (χ4v) is 1.63. The molecule has 5 amide bonds. The summed E-state index contributed by atoms with van der Waals surface area (Å²) in [5.74, 6) is -1.63. The van der Waals surface area contributed by atoms with E-state index in [-0.39, 0.29) is 6.42 Å². The summed E-state index contributed by atoms with van der Waals surface area (Å²) in [5.41, 5.74) is 4.78. The molecule has 1 unspecified atom stereocenters. The number of imide groups is 1. The highest BCUT2D eigenvalue weighted by Crippen LogP contribution is 1.99. The maximum absolute atomic E-state index is 11.6. The molecule has 1 atom stereocenters. The number of amides is 5. The summed E-state index contributed by atoms with van der Waals surface area (Å²) in [6, 6.07) is 6.76. The summed E-state index contributed by atoms with van der Waals surface area (Å²) < 4.78 is 0. The number of carbonyl (C=O) groups is 4. The number of rotatable bonds is 3. The molecule has 20 heavy (non-hydrogen) atoms. The molecule has 1 saturated heterocycles. The maximum Gasteiger partial charge on any atom is 0.322 e. The van der Waals surface area contributed by atoms with Crippen LogP contribution >= 0.6 is 0 Å². The predicted molar refractivity (Wildman–Crippen MR) is 67.1 cm³/mol. The fourth-order valence-electron chi connectivity index (χ4n) is 1.63. The van der Waals surface area contributed by atoms with Crippen molar-refractivity contribution in [2.24, 2.45) is 0 Å². The third-order valence-corrected chi connectivity index (χ3v) is 2.60. The molecule has 1 aliphatic rings. The van der Waals surface area contributed by atoms with Gasteiger partial charge < -0.3 is 5.32 Å². The first-order chi connectivity index (χ1) is 9.56. The van der Waals surface area contributed by atoms with Crippen LogP contribution in [0.3, 0.4) is 0 Å². The molecule has 1 heterocycles. The quantitative estimate of drug-likeness (QED) is 0.420. The van der Waals surface area contributed by atoms with Gasteiger partial charge in [0, 0.05) is 5.56 Å². The lowest BCUT2D eigenvalue weighted by Gasteiger charge is -2.09. The van der Waals surface area contributed by atoms with Gasteiger partial charge in [-0.15, -0.1) is 0 Å². The zero-order valence-electron chi connectivity index (χ0n) is 10.3. The number of nitrogens with one attached hydrogen (secondary N) is 4. The molecule has 0 spiro atoms. The molecule has 0 aliphatic carbocycles. The smallest absolute Gasteiger partial charge is 0.322 e. The van der Waals surface area contributed by atoms with Crippen LogP contribution in [0.15, 0.2) is 30.3 Å². The molecule has 8 heteroatoms. The highest BCUT2D eigenvalue weighted by Gasteiger charge is 2.31. The van der Waals surface area contributed by atoms with Crippen LogP contribution in [0.1, 0.15) is 16.8 Å². The standard InChI is InChI=1S/C12H12N4O4/c17-9(6-8-11(19)14-12(20)13-8)15-16-10(18)7-4-2-1-3-5-7/h1-5,8H,6H2,(H,15,17)(H,16,18)(H2,13,14,19,20). The van der Waals surface area contributed by atoms with Crippen molar-refractivity contribution in [1.29, 1.82) is 0 Å². The van der Waals surface area contributed by atoms with E-state index in [0.29, 0.717) is 5.56 Å². The van der Waals surface area contributed by atoms with E-state index < -0.39 is 29.8 Å². The zero-order valence-corrected chi connectivity index (χ0v) is 10.3. The molecule has 0 aromatic heterocycles. The van der Waals surface area contributed by atoms with Gasteiger partial charge in [0.2, 0.25) is 5.91 Å². The highest BCUT2D eigenvalue weighted by atomic mass is 16.2. The minimum Gasteiger partial charge on any atom is -0.325 e. The summed E-state index contributed by atoms with van der Waals surface area (Å²) in [4.78, 5) is 45.2. The number of hydrogen-bond donors (Lipinski definition) is 4. The van der Waals surface area contributed by atoms with E-state index in [9.17, 15) is 19.2 Å². The SMILES string of the molecule is O=C(CC1NC(=O)NC1=O)NNC(=O)c1ccccc1. The summed E-state index contributed by atoms with van der Waals surface area (Å²) in [7, 11) is 0. The third kappa shape index (κ3) is 3.31. The second-order valence-corrected chi connectivity index (χ2v) is 4.09. The molecule has 8 nitrogen and oxygen atoms in total. The Morgan fingerprint density at radius 1 is 1.10 bits per heavy atom. The van der Waals surface area contributed by atoms with Crippen molar-refractivity contribution < 1.29 is 19.2 Å². The molecule has 0 saturated carbocycles. The topological polar surface area (TPSA) is 116 Å². The van der Waals surface area contributed by atoms with Crippen molar-refractivity contribution in [3.05, 3.63) is 35.9 Å². The van der Waals surface area contributed by atoms with E-state index in [4.69, 9.17) is 0 Å². The van der Waals surface area contributed by atoms with Crippen molar-refractivity contribution in [3.8, 4) is 0 Å². The number of urea groups is 1. The third-order valence-electron chi connectivity index (χ3n) is 2.60. The largest absolute Gasteiger partial charge is 0.325 e. The van der Waals surface area contributed by atoms with Crippen molar-refractivity contribution in [1.82, 2.24) is 21.5 Å². The van der Waals surface area contributed by atoms with Crippen molar-refractivity contribution in [2.45, 2.75) is 12.5 Å².